The smallest absolute Gasteiger partial charge is 0.225 e. The SMILES string of the molecule is Cc1ccc(CN2CC(C(=O)NCCc3nn(C)c4c3COCC4)CC2=O)cc1. The fourth-order valence-corrected chi connectivity index (χ4v) is 4.15. The fraction of sp³-hybridized carbons (Fsp3) is 0.500. The van der Waals surface area contributed by atoms with E-state index in [9.17, 15) is 9.59 Å². The van der Waals surface area contributed by atoms with Crippen molar-refractivity contribution >= 4 is 11.8 Å². The van der Waals surface area contributed by atoms with Crippen molar-refractivity contribution in [1.82, 2.24) is 20.0 Å². The molecule has 7 heteroatoms. The van der Waals surface area contributed by atoms with Crippen LogP contribution in [0.25, 0.3) is 0 Å². The molecule has 0 aliphatic carbocycles. The van der Waals surface area contributed by atoms with Crippen LogP contribution in [0.15, 0.2) is 24.3 Å². The number of nitrogens with zero attached hydrogens (tertiary/aromatic N) is 3. The van der Waals surface area contributed by atoms with Gasteiger partial charge in [-0.3, -0.25) is 14.3 Å². The minimum absolute atomic E-state index is 0.0432. The lowest BCUT2D eigenvalue weighted by atomic mass is 10.1. The highest BCUT2D eigenvalue weighted by molar-refractivity contribution is 5.89. The summed E-state index contributed by atoms with van der Waals surface area (Å²) >= 11 is 0. The lowest BCUT2D eigenvalue weighted by Crippen LogP contribution is -2.34. The summed E-state index contributed by atoms with van der Waals surface area (Å²) in [5, 5.41) is 7.58. The Hall–Kier alpha value is -2.67. The predicted octanol–water partition coefficient (Wildman–Crippen LogP) is 1.51. The molecule has 2 aliphatic rings. The number of hydrogen-bond acceptors (Lipinski definition) is 4. The Morgan fingerprint density at radius 2 is 2.10 bits per heavy atom. The number of ether oxygens (including phenoxy) is 1. The van der Waals surface area contributed by atoms with Gasteiger partial charge in [0.15, 0.2) is 0 Å². The zero-order valence-electron chi connectivity index (χ0n) is 17.1. The third-order valence-electron chi connectivity index (χ3n) is 5.83. The van der Waals surface area contributed by atoms with Gasteiger partial charge in [-0.05, 0) is 12.5 Å². The average Bonchev–Trinajstić information content (AvgIpc) is 3.24. The third kappa shape index (κ3) is 4.34. The molecule has 2 aliphatic heterocycles. The van der Waals surface area contributed by atoms with Crippen LogP contribution in [0.3, 0.4) is 0 Å². The van der Waals surface area contributed by atoms with Crippen LogP contribution in [0, 0.1) is 12.8 Å². The number of aryl methyl sites for hydroxylation is 2. The largest absolute Gasteiger partial charge is 0.376 e. The van der Waals surface area contributed by atoms with Gasteiger partial charge >= 0.3 is 0 Å². The molecule has 0 radical (unpaired) electrons. The van der Waals surface area contributed by atoms with Crippen molar-refractivity contribution in [2.45, 2.75) is 39.3 Å². The average molecular weight is 396 g/mol. The maximum atomic E-state index is 12.6. The molecule has 29 heavy (non-hydrogen) atoms. The number of carbonyl (C=O) groups is 2. The number of benzene rings is 1. The number of carbonyl (C=O) groups excluding carboxylic acids is 2. The zero-order chi connectivity index (χ0) is 20.4. The van der Waals surface area contributed by atoms with E-state index in [1.54, 1.807) is 4.90 Å². The minimum atomic E-state index is -0.283. The number of rotatable bonds is 6. The van der Waals surface area contributed by atoms with Gasteiger partial charge < -0.3 is 15.0 Å². The van der Waals surface area contributed by atoms with E-state index in [2.05, 4.69) is 10.4 Å². The maximum Gasteiger partial charge on any atom is 0.225 e. The van der Waals surface area contributed by atoms with Gasteiger partial charge in [0.1, 0.15) is 0 Å². The monoisotopic (exact) mass is 396 g/mol. The Morgan fingerprint density at radius 3 is 2.90 bits per heavy atom. The van der Waals surface area contributed by atoms with E-state index < -0.39 is 0 Å². The number of fused-ring (bicyclic) bond motifs is 1. The highest BCUT2D eigenvalue weighted by Crippen LogP contribution is 2.22. The molecule has 3 heterocycles. The van der Waals surface area contributed by atoms with Crippen LogP contribution >= 0.6 is 0 Å². The van der Waals surface area contributed by atoms with Crippen molar-refractivity contribution < 1.29 is 14.3 Å². The molecule has 1 atom stereocenters. The highest BCUT2D eigenvalue weighted by Gasteiger charge is 2.34. The molecule has 7 nitrogen and oxygen atoms in total. The van der Waals surface area contributed by atoms with Gasteiger partial charge in [-0.15, -0.1) is 0 Å². The number of nitrogens with one attached hydrogen (secondary N) is 1. The van der Waals surface area contributed by atoms with Crippen LogP contribution in [0.1, 0.15) is 34.5 Å². The molecule has 1 unspecified atom stereocenters. The topological polar surface area (TPSA) is 76.5 Å². The van der Waals surface area contributed by atoms with E-state index in [0.29, 0.717) is 32.7 Å². The summed E-state index contributed by atoms with van der Waals surface area (Å²) in [6.45, 7) is 4.92. The first-order valence-corrected chi connectivity index (χ1v) is 10.2. The summed E-state index contributed by atoms with van der Waals surface area (Å²) in [6, 6.07) is 8.16. The van der Waals surface area contributed by atoms with E-state index in [0.717, 1.165) is 29.8 Å². The Morgan fingerprint density at radius 1 is 1.31 bits per heavy atom. The van der Waals surface area contributed by atoms with Gasteiger partial charge in [0.2, 0.25) is 11.8 Å². The summed E-state index contributed by atoms with van der Waals surface area (Å²) in [5.74, 6) is -0.290. The van der Waals surface area contributed by atoms with E-state index in [1.807, 2.05) is 42.9 Å². The maximum absolute atomic E-state index is 12.6. The van der Waals surface area contributed by atoms with Crippen molar-refractivity contribution in [2.24, 2.45) is 13.0 Å². The lowest BCUT2D eigenvalue weighted by molar-refractivity contribution is -0.129. The molecule has 1 aromatic carbocycles. The Kier molecular flexibility index (Phi) is 5.67. The number of hydrogen-bond donors (Lipinski definition) is 1. The first-order chi connectivity index (χ1) is 14.0. The molecule has 2 amide bonds. The van der Waals surface area contributed by atoms with E-state index in [4.69, 9.17) is 4.74 Å². The van der Waals surface area contributed by atoms with Gasteiger partial charge in [0.05, 0.1) is 24.8 Å². The lowest BCUT2D eigenvalue weighted by Gasteiger charge is -2.17. The Labute approximate surface area is 171 Å². The molecule has 1 fully saturated rings. The minimum Gasteiger partial charge on any atom is -0.376 e. The van der Waals surface area contributed by atoms with Crippen molar-refractivity contribution in [3.05, 3.63) is 52.3 Å². The number of aromatic nitrogens is 2. The van der Waals surface area contributed by atoms with E-state index in [1.165, 1.54) is 11.3 Å². The van der Waals surface area contributed by atoms with Gasteiger partial charge in [-0.2, -0.15) is 5.10 Å². The molecule has 154 valence electrons. The van der Waals surface area contributed by atoms with Gasteiger partial charge in [-0.1, -0.05) is 29.8 Å². The first-order valence-electron chi connectivity index (χ1n) is 10.2. The van der Waals surface area contributed by atoms with Crippen molar-refractivity contribution in [3.63, 3.8) is 0 Å². The second-order valence-electron chi connectivity index (χ2n) is 8.00. The standard InChI is InChI=1S/C22H28N4O3/c1-15-3-5-16(6-4-15)12-26-13-17(11-21(26)27)22(28)23-9-7-19-18-14-29-10-8-20(18)25(2)24-19/h3-6,17H,7-14H2,1-2H3,(H,23,28). The number of likely N-dealkylation sites (tertiary alicyclic amines) is 1. The van der Waals surface area contributed by atoms with Crippen LogP contribution in [-0.2, 0) is 47.4 Å². The van der Waals surface area contributed by atoms with Gasteiger partial charge in [0, 0.05) is 57.2 Å². The van der Waals surface area contributed by atoms with Crippen molar-refractivity contribution in [2.75, 3.05) is 19.7 Å². The summed E-state index contributed by atoms with van der Waals surface area (Å²) in [7, 11) is 1.96. The van der Waals surface area contributed by atoms with Crippen molar-refractivity contribution in [3.8, 4) is 0 Å². The summed E-state index contributed by atoms with van der Waals surface area (Å²) in [5.41, 5.74) is 5.66. The van der Waals surface area contributed by atoms with Crippen LogP contribution in [0.2, 0.25) is 0 Å². The normalized spacial score (nSPS) is 18.8. The molecule has 0 bridgehead atoms. The molecule has 1 saturated heterocycles. The van der Waals surface area contributed by atoms with Crippen LogP contribution in [0.5, 0.6) is 0 Å². The summed E-state index contributed by atoms with van der Waals surface area (Å²) in [6.07, 6.45) is 1.84. The van der Waals surface area contributed by atoms with E-state index >= 15 is 0 Å². The van der Waals surface area contributed by atoms with Crippen LogP contribution < -0.4 is 5.32 Å². The zero-order valence-corrected chi connectivity index (χ0v) is 17.1. The van der Waals surface area contributed by atoms with Gasteiger partial charge in [-0.25, -0.2) is 0 Å². The molecular formula is C22H28N4O3. The van der Waals surface area contributed by atoms with Crippen molar-refractivity contribution in [1.29, 1.82) is 0 Å². The first kappa shape index (κ1) is 19.6. The molecule has 1 aromatic heterocycles. The molecule has 1 N–H and O–H groups in total. The van der Waals surface area contributed by atoms with Crippen LogP contribution in [0.4, 0.5) is 0 Å². The summed E-state index contributed by atoms with van der Waals surface area (Å²) < 4.78 is 7.48. The molecule has 0 spiro atoms. The molecular weight excluding hydrogens is 368 g/mol. The second kappa shape index (κ2) is 8.37. The van der Waals surface area contributed by atoms with Gasteiger partial charge in [0.25, 0.3) is 0 Å². The molecule has 4 rings (SSSR count). The van der Waals surface area contributed by atoms with Crippen LogP contribution in [-0.4, -0.2) is 46.2 Å². The predicted molar refractivity (Wildman–Crippen MR) is 108 cm³/mol. The number of amides is 2. The molecule has 2 aromatic rings. The quantitative estimate of drug-likeness (QED) is 0.803. The Bertz CT molecular complexity index is 904. The molecule has 0 saturated carbocycles. The Balaban J connectivity index is 1.28. The fourth-order valence-electron chi connectivity index (χ4n) is 4.15. The highest BCUT2D eigenvalue weighted by atomic mass is 16.5. The third-order valence-corrected chi connectivity index (χ3v) is 5.83. The second-order valence-corrected chi connectivity index (χ2v) is 8.00. The van der Waals surface area contributed by atoms with E-state index in [-0.39, 0.29) is 24.2 Å². The summed E-state index contributed by atoms with van der Waals surface area (Å²) in [4.78, 5) is 26.7.